The lowest BCUT2D eigenvalue weighted by Crippen LogP contribution is -2.43. The summed E-state index contributed by atoms with van der Waals surface area (Å²) in [6, 6.07) is 5.60. The quantitative estimate of drug-likeness (QED) is 0.855. The van der Waals surface area contributed by atoms with Crippen molar-refractivity contribution in [2.24, 2.45) is 0 Å². The van der Waals surface area contributed by atoms with Gasteiger partial charge in [-0.2, -0.15) is 0 Å². The van der Waals surface area contributed by atoms with Gasteiger partial charge in [0.15, 0.2) is 5.82 Å². The Morgan fingerprint density at radius 3 is 2.38 bits per heavy atom. The molecule has 0 amide bonds. The van der Waals surface area contributed by atoms with E-state index < -0.39 is 5.60 Å². The Hall–Kier alpha value is -2.47. The van der Waals surface area contributed by atoms with E-state index in [1.54, 1.807) is 6.07 Å². The maximum atomic E-state index is 12.4. The van der Waals surface area contributed by atoms with Crippen molar-refractivity contribution in [3.63, 3.8) is 0 Å². The number of esters is 1. The van der Waals surface area contributed by atoms with Crippen LogP contribution < -0.4 is 10.2 Å². The first kappa shape index (κ1) is 18.3. The molecule has 1 fully saturated rings. The summed E-state index contributed by atoms with van der Waals surface area (Å²) in [5.74, 6) is 0.275. The van der Waals surface area contributed by atoms with E-state index >= 15 is 0 Å². The molecule has 0 unspecified atom stereocenters. The molecule has 26 heavy (non-hydrogen) atoms. The highest BCUT2D eigenvalue weighted by Gasteiger charge is 2.19. The lowest BCUT2D eigenvalue weighted by Gasteiger charge is -2.28. The number of rotatable bonds is 3. The van der Waals surface area contributed by atoms with Crippen LogP contribution >= 0.6 is 0 Å². The number of ether oxygens (including phenoxy) is 1. The summed E-state index contributed by atoms with van der Waals surface area (Å²) >= 11 is 0. The number of anilines is 1. The lowest BCUT2D eigenvalue weighted by atomic mass is 10.1. The summed E-state index contributed by atoms with van der Waals surface area (Å²) in [5, 5.41) is 3.33. The van der Waals surface area contributed by atoms with Crippen LogP contribution in [0.5, 0.6) is 0 Å². The van der Waals surface area contributed by atoms with Gasteiger partial charge in [0.1, 0.15) is 5.60 Å². The second-order valence-electron chi connectivity index (χ2n) is 7.59. The van der Waals surface area contributed by atoms with Crippen molar-refractivity contribution in [2.75, 3.05) is 31.1 Å². The maximum absolute atomic E-state index is 12.4. The third-order valence-electron chi connectivity index (χ3n) is 4.09. The summed E-state index contributed by atoms with van der Waals surface area (Å²) in [4.78, 5) is 23.7. The van der Waals surface area contributed by atoms with E-state index in [-0.39, 0.29) is 5.97 Å². The van der Waals surface area contributed by atoms with E-state index in [0.717, 1.165) is 43.0 Å². The van der Waals surface area contributed by atoms with Gasteiger partial charge < -0.3 is 15.0 Å². The first-order valence-electron chi connectivity index (χ1n) is 8.95. The SMILES string of the molecule is Cc1cc(C(=O)OC(C)(C)C)cc(-c2ncc(N3CCNCC3)cn2)c1. The minimum absolute atomic E-state index is 0.333. The van der Waals surface area contributed by atoms with Gasteiger partial charge in [-0.25, -0.2) is 14.8 Å². The zero-order valence-corrected chi connectivity index (χ0v) is 15.9. The van der Waals surface area contributed by atoms with E-state index in [9.17, 15) is 4.79 Å². The van der Waals surface area contributed by atoms with Crippen molar-refractivity contribution in [2.45, 2.75) is 33.3 Å². The Morgan fingerprint density at radius 1 is 1.12 bits per heavy atom. The maximum Gasteiger partial charge on any atom is 0.338 e. The number of carbonyl (C=O) groups excluding carboxylic acids is 1. The molecule has 0 atom stereocenters. The molecule has 0 aliphatic carbocycles. The minimum atomic E-state index is -0.525. The van der Waals surface area contributed by atoms with E-state index in [0.29, 0.717) is 11.4 Å². The molecule has 0 radical (unpaired) electrons. The van der Waals surface area contributed by atoms with E-state index in [4.69, 9.17) is 4.74 Å². The third kappa shape index (κ3) is 4.58. The summed E-state index contributed by atoms with van der Waals surface area (Å²) < 4.78 is 5.48. The molecule has 1 N–H and O–H groups in total. The summed E-state index contributed by atoms with van der Waals surface area (Å²) in [7, 11) is 0. The Kier molecular flexibility index (Phi) is 5.23. The number of hydrogen-bond donors (Lipinski definition) is 1. The molecule has 1 aromatic heterocycles. The van der Waals surface area contributed by atoms with Gasteiger partial charge in [0.2, 0.25) is 0 Å². The molecule has 1 aliphatic rings. The fraction of sp³-hybridized carbons (Fsp3) is 0.450. The third-order valence-corrected chi connectivity index (χ3v) is 4.09. The van der Waals surface area contributed by atoms with Crippen LogP contribution in [0.4, 0.5) is 5.69 Å². The highest BCUT2D eigenvalue weighted by Crippen LogP contribution is 2.22. The van der Waals surface area contributed by atoms with Crippen molar-refractivity contribution in [1.29, 1.82) is 0 Å². The molecule has 0 saturated carbocycles. The van der Waals surface area contributed by atoms with Gasteiger partial charge in [-0.05, 0) is 51.5 Å². The van der Waals surface area contributed by atoms with Gasteiger partial charge in [0.25, 0.3) is 0 Å². The second-order valence-corrected chi connectivity index (χ2v) is 7.59. The van der Waals surface area contributed by atoms with Gasteiger partial charge >= 0.3 is 5.97 Å². The predicted octanol–water partition coefficient (Wildman–Crippen LogP) is 2.82. The first-order chi connectivity index (χ1) is 12.3. The molecule has 2 aromatic rings. The van der Waals surface area contributed by atoms with Crippen LogP contribution in [0.25, 0.3) is 11.4 Å². The molecule has 1 aliphatic heterocycles. The average molecular weight is 354 g/mol. The molecule has 6 heteroatoms. The normalized spacial score (nSPS) is 15.0. The average Bonchev–Trinajstić information content (AvgIpc) is 2.61. The minimum Gasteiger partial charge on any atom is -0.456 e. The van der Waals surface area contributed by atoms with Crippen molar-refractivity contribution >= 4 is 11.7 Å². The Labute approximate surface area is 154 Å². The summed E-state index contributed by atoms with van der Waals surface area (Å²) in [5.41, 5.74) is 2.80. The molecular formula is C20H26N4O2. The van der Waals surface area contributed by atoms with Crippen LogP contribution in [0.15, 0.2) is 30.6 Å². The largest absolute Gasteiger partial charge is 0.456 e. The van der Waals surface area contributed by atoms with E-state index in [1.165, 1.54) is 0 Å². The second kappa shape index (κ2) is 7.41. The monoisotopic (exact) mass is 354 g/mol. The number of aromatic nitrogens is 2. The number of aryl methyl sites for hydroxylation is 1. The zero-order valence-electron chi connectivity index (χ0n) is 15.9. The molecule has 138 valence electrons. The number of nitrogens with one attached hydrogen (secondary N) is 1. The van der Waals surface area contributed by atoms with Crippen LogP contribution in [0, 0.1) is 6.92 Å². The number of piperazine rings is 1. The fourth-order valence-electron chi connectivity index (χ4n) is 2.92. The number of hydrogen-bond acceptors (Lipinski definition) is 6. The molecule has 0 spiro atoms. The van der Waals surface area contributed by atoms with Gasteiger partial charge in [-0.3, -0.25) is 0 Å². The topological polar surface area (TPSA) is 67.3 Å². The molecule has 3 rings (SSSR count). The van der Waals surface area contributed by atoms with Crippen LogP contribution in [0.2, 0.25) is 0 Å². The van der Waals surface area contributed by atoms with Crippen molar-refractivity contribution in [3.05, 3.63) is 41.7 Å². The molecule has 6 nitrogen and oxygen atoms in total. The zero-order chi connectivity index (χ0) is 18.7. The lowest BCUT2D eigenvalue weighted by molar-refractivity contribution is 0.00695. The van der Waals surface area contributed by atoms with E-state index in [2.05, 4.69) is 20.2 Å². The Morgan fingerprint density at radius 2 is 1.77 bits per heavy atom. The van der Waals surface area contributed by atoms with Crippen molar-refractivity contribution in [1.82, 2.24) is 15.3 Å². The Balaban J connectivity index is 1.83. The molecule has 1 saturated heterocycles. The highest BCUT2D eigenvalue weighted by molar-refractivity contribution is 5.91. The smallest absolute Gasteiger partial charge is 0.338 e. The molecule has 1 aromatic carbocycles. The van der Waals surface area contributed by atoms with Gasteiger partial charge in [0.05, 0.1) is 23.6 Å². The number of benzene rings is 1. The van der Waals surface area contributed by atoms with E-state index in [1.807, 2.05) is 52.2 Å². The van der Waals surface area contributed by atoms with Crippen LogP contribution in [0.3, 0.4) is 0 Å². The van der Waals surface area contributed by atoms with Gasteiger partial charge in [-0.1, -0.05) is 0 Å². The number of carbonyl (C=O) groups is 1. The molecule has 2 heterocycles. The molecular weight excluding hydrogens is 328 g/mol. The highest BCUT2D eigenvalue weighted by atomic mass is 16.6. The first-order valence-corrected chi connectivity index (χ1v) is 8.95. The standard InChI is InChI=1S/C20H26N4O2/c1-14-9-15(11-16(10-14)19(25)26-20(2,3)4)18-22-12-17(13-23-18)24-7-5-21-6-8-24/h9-13,21H,5-8H2,1-4H3. The van der Waals surface area contributed by atoms with Crippen LogP contribution in [0.1, 0.15) is 36.7 Å². The Bertz CT molecular complexity index is 775. The fourth-order valence-corrected chi connectivity index (χ4v) is 2.92. The van der Waals surface area contributed by atoms with Crippen molar-refractivity contribution in [3.8, 4) is 11.4 Å². The van der Waals surface area contributed by atoms with Crippen LogP contribution in [-0.2, 0) is 4.74 Å². The van der Waals surface area contributed by atoms with Crippen LogP contribution in [-0.4, -0.2) is 47.7 Å². The summed E-state index contributed by atoms with van der Waals surface area (Å²) in [6.07, 6.45) is 3.70. The predicted molar refractivity (Wildman–Crippen MR) is 102 cm³/mol. The van der Waals surface area contributed by atoms with Gasteiger partial charge in [-0.15, -0.1) is 0 Å². The summed E-state index contributed by atoms with van der Waals surface area (Å²) in [6.45, 7) is 11.4. The molecule has 0 bridgehead atoms. The van der Waals surface area contributed by atoms with Gasteiger partial charge in [0, 0.05) is 31.7 Å². The number of nitrogens with zero attached hydrogens (tertiary/aromatic N) is 3. The van der Waals surface area contributed by atoms with Crippen molar-refractivity contribution < 1.29 is 9.53 Å².